The number of nitrogens with zero attached hydrogens (tertiary/aromatic N) is 2. The van der Waals surface area contributed by atoms with E-state index in [0.29, 0.717) is 6.54 Å². The first-order valence-corrected chi connectivity index (χ1v) is 5.32. The second-order valence-corrected chi connectivity index (χ2v) is 4.14. The molecular formula is C11H16N4O. The molecule has 1 aromatic heterocycles. The van der Waals surface area contributed by atoms with Crippen LogP contribution in [0.3, 0.4) is 0 Å². The Morgan fingerprint density at radius 1 is 1.69 bits per heavy atom. The minimum atomic E-state index is -0.0642. The number of amides is 2. The van der Waals surface area contributed by atoms with E-state index in [1.807, 2.05) is 6.07 Å². The molecule has 1 aliphatic rings. The molecule has 0 saturated carbocycles. The molecule has 0 spiro atoms. The highest BCUT2D eigenvalue weighted by Crippen LogP contribution is 2.21. The summed E-state index contributed by atoms with van der Waals surface area (Å²) in [6.45, 7) is 0.618. The molecule has 0 aliphatic carbocycles. The molecule has 86 valence electrons. The summed E-state index contributed by atoms with van der Waals surface area (Å²) in [5.41, 5.74) is 1.21. The fraction of sp³-hybridized carbons (Fsp3) is 0.455. The standard InChI is InChI=1S/C11H16N4O/c1-15(2)11(16)13-7-9-6-8-4-3-5-12-10(8)14-9/h3-5,9H,6-7H2,1-2H3,(H,12,14)(H,13,16)/t9-/m0/s1. The Kier molecular flexibility index (Phi) is 2.94. The van der Waals surface area contributed by atoms with Crippen LogP contribution in [-0.2, 0) is 6.42 Å². The summed E-state index contributed by atoms with van der Waals surface area (Å²) in [4.78, 5) is 17.1. The van der Waals surface area contributed by atoms with Crippen LogP contribution in [0.25, 0.3) is 0 Å². The molecule has 0 unspecified atom stereocenters. The summed E-state index contributed by atoms with van der Waals surface area (Å²) in [5.74, 6) is 0.937. The molecule has 2 N–H and O–H groups in total. The molecule has 1 aromatic rings. The number of carbonyl (C=O) groups is 1. The fourth-order valence-corrected chi connectivity index (χ4v) is 1.73. The van der Waals surface area contributed by atoms with E-state index < -0.39 is 0 Å². The van der Waals surface area contributed by atoms with E-state index in [1.54, 1.807) is 20.3 Å². The Bertz CT molecular complexity index is 366. The Hall–Kier alpha value is -1.78. The van der Waals surface area contributed by atoms with Crippen molar-refractivity contribution < 1.29 is 4.79 Å². The average molecular weight is 220 g/mol. The molecule has 5 nitrogen and oxygen atoms in total. The van der Waals surface area contributed by atoms with Gasteiger partial charge in [0.1, 0.15) is 5.82 Å². The first-order valence-electron chi connectivity index (χ1n) is 5.32. The summed E-state index contributed by atoms with van der Waals surface area (Å²) >= 11 is 0. The van der Waals surface area contributed by atoms with Crippen molar-refractivity contribution in [2.75, 3.05) is 26.0 Å². The number of rotatable bonds is 2. The van der Waals surface area contributed by atoms with E-state index in [4.69, 9.17) is 0 Å². The van der Waals surface area contributed by atoms with Gasteiger partial charge in [0, 0.05) is 32.9 Å². The van der Waals surface area contributed by atoms with Gasteiger partial charge in [-0.3, -0.25) is 0 Å². The maximum atomic E-state index is 11.3. The minimum absolute atomic E-state index is 0.0642. The van der Waals surface area contributed by atoms with E-state index in [-0.39, 0.29) is 12.1 Å². The Balaban J connectivity index is 1.86. The summed E-state index contributed by atoms with van der Waals surface area (Å²) in [6.07, 6.45) is 2.68. The lowest BCUT2D eigenvalue weighted by Crippen LogP contribution is -2.40. The van der Waals surface area contributed by atoms with Crippen LogP contribution in [0.2, 0.25) is 0 Å². The lowest BCUT2D eigenvalue weighted by molar-refractivity contribution is 0.217. The van der Waals surface area contributed by atoms with Gasteiger partial charge in [-0.1, -0.05) is 6.07 Å². The van der Waals surface area contributed by atoms with Gasteiger partial charge < -0.3 is 15.5 Å². The van der Waals surface area contributed by atoms with Gasteiger partial charge in [-0.05, 0) is 18.1 Å². The van der Waals surface area contributed by atoms with Gasteiger partial charge in [-0.15, -0.1) is 0 Å². The number of pyridine rings is 1. The van der Waals surface area contributed by atoms with Crippen molar-refractivity contribution in [1.29, 1.82) is 0 Å². The molecular weight excluding hydrogens is 204 g/mol. The number of urea groups is 1. The summed E-state index contributed by atoms with van der Waals surface area (Å²) < 4.78 is 0. The maximum Gasteiger partial charge on any atom is 0.316 e. The highest BCUT2D eigenvalue weighted by atomic mass is 16.2. The zero-order chi connectivity index (χ0) is 11.5. The topological polar surface area (TPSA) is 57.3 Å². The van der Waals surface area contributed by atoms with Crippen LogP contribution in [0, 0.1) is 0 Å². The molecule has 5 heteroatoms. The third kappa shape index (κ3) is 2.24. The van der Waals surface area contributed by atoms with Gasteiger partial charge in [0.05, 0.1) is 0 Å². The Morgan fingerprint density at radius 3 is 3.19 bits per heavy atom. The van der Waals surface area contributed by atoms with Gasteiger partial charge in [0.25, 0.3) is 0 Å². The van der Waals surface area contributed by atoms with E-state index in [0.717, 1.165) is 12.2 Å². The van der Waals surface area contributed by atoms with Crippen molar-refractivity contribution in [2.45, 2.75) is 12.5 Å². The molecule has 2 amide bonds. The number of nitrogens with one attached hydrogen (secondary N) is 2. The van der Waals surface area contributed by atoms with Gasteiger partial charge in [-0.2, -0.15) is 0 Å². The smallest absolute Gasteiger partial charge is 0.316 e. The molecule has 2 rings (SSSR count). The molecule has 0 fully saturated rings. The summed E-state index contributed by atoms with van der Waals surface area (Å²) in [6, 6.07) is 4.17. The highest BCUT2D eigenvalue weighted by molar-refractivity contribution is 5.73. The highest BCUT2D eigenvalue weighted by Gasteiger charge is 2.21. The SMILES string of the molecule is CN(C)C(=O)NC[C@@H]1Cc2cccnc2N1. The second kappa shape index (κ2) is 4.38. The predicted molar refractivity (Wildman–Crippen MR) is 62.4 cm³/mol. The number of hydrogen-bond acceptors (Lipinski definition) is 3. The molecule has 1 atom stereocenters. The van der Waals surface area contributed by atoms with E-state index in [9.17, 15) is 4.79 Å². The van der Waals surface area contributed by atoms with Crippen molar-refractivity contribution in [2.24, 2.45) is 0 Å². The molecule has 0 saturated heterocycles. The minimum Gasteiger partial charge on any atom is -0.365 e. The van der Waals surface area contributed by atoms with Crippen molar-refractivity contribution in [1.82, 2.24) is 15.2 Å². The summed E-state index contributed by atoms with van der Waals surface area (Å²) in [7, 11) is 3.46. The molecule has 0 radical (unpaired) electrons. The molecule has 0 aromatic carbocycles. The van der Waals surface area contributed by atoms with E-state index >= 15 is 0 Å². The van der Waals surface area contributed by atoms with Gasteiger partial charge in [-0.25, -0.2) is 9.78 Å². The van der Waals surface area contributed by atoms with Crippen molar-refractivity contribution in [3.63, 3.8) is 0 Å². The van der Waals surface area contributed by atoms with Crippen molar-refractivity contribution in [3.8, 4) is 0 Å². The van der Waals surface area contributed by atoms with Crippen molar-refractivity contribution >= 4 is 11.8 Å². The van der Waals surface area contributed by atoms with Gasteiger partial charge >= 0.3 is 6.03 Å². The van der Waals surface area contributed by atoms with E-state index in [2.05, 4.69) is 21.7 Å². The van der Waals surface area contributed by atoms with Crippen LogP contribution in [-0.4, -0.2) is 42.6 Å². The quantitative estimate of drug-likeness (QED) is 0.771. The van der Waals surface area contributed by atoms with Crippen molar-refractivity contribution in [3.05, 3.63) is 23.9 Å². The lowest BCUT2D eigenvalue weighted by Gasteiger charge is -2.15. The monoisotopic (exact) mass is 220 g/mol. The van der Waals surface area contributed by atoms with Crippen LogP contribution in [0.1, 0.15) is 5.56 Å². The normalized spacial score (nSPS) is 17.5. The molecule has 2 heterocycles. The predicted octanol–water partition coefficient (Wildman–Crippen LogP) is 0.689. The zero-order valence-corrected chi connectivity index (χ0v) is 9.53. The van der Waals surface area contributed by atoms with E-state index in [1.165, 1.54) is 10.5 Å². The summed E-state index contributed by atoms with van der Waals surface area (Å²) in [5, 5.41) is 6.14. The second-order valence-electron chi connectivity index (χ2n) is 4.14. The number of carbonyl (C=O) groups excluding carboxylic acids is 1. The number of fused-ring (bicyclic) bond motifs is 1. The largest absolute Gasteiger partial charge is 0.365 e. The average Bonchev–Trinajstić information content (AvgIpc) is 2.68. The van der Waals surface area contributed by atoms with Crippen LogP contribution in [0.15, 0.2) is 18.3 Å². The lowest BCUT2D eigenvalue weighted by atomic mass is 10.1. The maximum absolute atomic E-state index is 11.3. The number of aromatic nitrogens is 1. The Labute approximate surface area is 94.9 Å². The zero-order valence-electron chi connectivity index (χ0n) is 9.53. The first-order chi connectivity index (χ1) is 7.66. The van der Waals surface area contributed by atoms with Gasteiger partial charge in [0.15, 0.2) is 0 Å². The van der Waals surface area contributed by atoms with Crippen LogP contribution < -0.4 is 10.6 Å². The third-order valence-electron chi connectivity index (χ3n) is 2.60. The first kappa shape index (κ1) is 10.7. The molecule has 16 heavy (non-hydrogen) atoms. The number of anilines is 1. The van der Waals surface area contributed by atoms with Crippen LogP contribution in [0.5, 0.6) is 0 Å². The Morgan fingerprint density at radius 2 is 2.50 bits per heavy atom. The van der Waals surface area contributed by atoms with Crippen LogP contribution >= 0.6 is 0 Å². The molecule has 1 aliphatic heterocycles. The fourth-order valence-electron chi connectivity index (χ4n) is 1.73. The third-order valence-corrected chi connectivity index (χ3v) is 2.60. The van der Waals surface area contributed by atoms with Gasteiger partial charge in [0.2, 0.25) is 0 Å². The number of hydrogen-bond donors (Lipinski definition) is 2. The molecule has 0 bridgehead atoms. The van der Waals surface area contributed by atoms with Crippen LogP contribution in [0.4, 0.5) is 10.6 Å².